The summed E-state index contributed by atoms with van der Waals surface area (Å²) in [6.45, 7) is 7.12. The first kappa shape index (κ1) is 84.1. The molecule has 0 aliphatic rings. The second-order valence-electron chi connectivity index (χ2n) is 24.7. The van der Waals surface area contributed by atoms with Crippen molar-refractivity contribution in [3.63, 3.8) is 0 Å². The van der Waals surface area contributed by atoms with Gasteiger partial charge in [0.1, 0.15) is 19.3 Å². The van der Waals surface area contributed by atoms with Crippen LogP contribution in [0.15, 0.2) is 0 Å². The lowest BCUT2D eigenvalue weighted by atomic mass is 10.0. The number of rotatable bonds is 67. The number of ether oxygens (including phenoxy) is 4. The Morgan fingerprint density at radius 2 is 0.535 bits per heavy atom. The quantitative estimate of drug-likeness (QED) is 0.0222. The Hall–Kier alpha value is -1.94. The van der Waals surface area contributed by atoms with Crippen molar-refractivity contribution in [1.82, 2.24) is 0 Å². The Kier molecular flexibility index (Phi) is 59.2. The Morgan fingerprint density at radius 3 is 0.791 bits per heavy atom. The van der Waals surface area contributed by atoms with Crippen molar-refractivity contribution < 1.29 is 80.2 Å². The van der Waals surface area contributed by atoms with E-state index < -0.39 is 97.5 Å². The van der Waals surface area contributed by atoms with Gasteiger partial charge in [0.2, 0.25) is 0 Å². The van der Waals surface area contributed by atoms with Crippen LogP contribution in [0.2, 0.25) is 0 Å². The molecule has 510 valence electrons. The molecule has 0 radical (unpaired) electrons. The van der Waals surface area contributed by atoms with Crippen LogP contribution in [0.5, 0.6) is 0 Å². The van der Waals surface area contributed by atoms with E-state index in [-0.39, 0.29) is 25.7 Å². The number of aliphatic hydroxyl groups is 1. The van der Waals surface area contributed by atoms with Gasteiger partial charge in [-0.1, -0.05) is 291 Å². The molecule has 0 saturated heterocycles. The SMILES string of the molecule is CCCCCCCCCCCCCCCCCCC(=O)O[C@H](COC(=O)CCCCCCCCCCCCCC)COP(=O)(O)OC[C@@H](O)COP(=O)(O)OC[C@@H](COC(=O)CCCCCCCCCCC)OC(=O)CCCCCCCCC(C)C. The van der Waals surface area contributed by atoms with E-state index in [1.165, 1.54) is 167 Å². The van der Waals surface area contributed by atoms with Crippen molar-refractivity contribution in [3.8, 4) is 0 Å². The van der Waals surface area contributed by atoms with Crippen LogP contribution in [0.25, 0.3) is 0 Å². The number of hydrogen-bond acceptors (Lipinski definition) is 15. The molecule has 3 N–H and O–H groups in total. The van der Waals surface area contributed by atoms with Crippen LogP contribution in [-0.2, 0) is 65.4 Å². The van der Waals surface area contributed by atoms with E-state index in [9.17, 15) is 43.2 Å². The molecule has 2 unspecified atom stereocenters. The number of unbranched alkanes of at least 4 members (excludes halogenated alkanes) is 39. The summed E-state index contributed by atoms with van der Waals surface area (Å²) < 4.78 is 68.1. The molecule has 0 aliphatic heterocycles. The zero-order valence-corrected chi connectivity index (χ0v) is 57.2. The fourth-order valence-corrected chi connectivity index (χ4v) is 11.7. The predicted molar refractivity (Wildman–Crippen MR) is 345 cm³/mol. The van der Waals surface area contributed by atoms with Gasteiger partial charge in [-0.25, -0.2) is 9.13 Å². The number of carbonyl (C=O) groups is 4. The molecule has 0 aromatic heterocycles. The molecule has 0 bridgehead atoms. The molecule has 0 fully saturated rings. The van der Waals surface area contributed by atoms with E-state index in [0.29, 0.717) is 31.6 Å². The fraction of sp³-hybridized carbons (Fsp3) is 0.940. The molecule has 0 heterocycles. The summed E-state index contributed by atoms with van der Waals surface area (Å²) >= 11 is 0. The van der Waals surface area contributed by atoms with Crippen LogP contribution in [0.4, 0.5) is 0 Å². The van der Waals surface area contributed by atoms with E-state index in [0.717, 1.165) is 89.9 Å². The summed E-state index contributed by atoms with van der Waals surface area (Å²) in [7, 11) is -9.89. The third-order valence-electron chi connectivity index (χ3n) is 15.5. The fourth-order valence-electron chi connectivity index (χ4n) is 10.1. The highest BCUT2D eigenvalue weighted by atomic mass is 31.2. The van der Waals surface area contributed by atoms with Gasteiger partial charge in [-0.3, -0.25) is 37.3 Å². The highest BCUT2D eigenvalue weighted by molar-refractivity contribution is 7.47. The molecule has 0 rings (SSSR count). The van der Waals surface area contributed by atoms with Gasteiger partial charge in [-0.2, -0.15) is 0 Å². The van der Waals surface area contributed by atoms with Crippen molar-refractivity contribution in [2.75, 3.05) is 39.6 Å². The smallest absolute Gasteiger partial charge is 0.462 e. The van der Waals surface area contributed by atoms with Crippen molar-refractivity contribution in [3.05, 3.63) is 0 Å². The van der Waals surface area contributed by atoms with E-state index >= 15 is 0 Å². The Bertz CT molecular complexity index is 1670. The first-order valence-corrected chi connectivity index (χ1v) is 38.1. The highest BCUT2D eigenvalue weighted by Gasteiger charge is 2.30. The molecule has 19 heteroatoms. The zero-order chi connectivity index (χ0) is 63.5. The van der Waals surface area contributed by atoms with Gasteiger partial charge >= 0.3 is 39.5 Å². The summed E-state index contributed by atoms with van der Waals surface area (Å²) in [4.78, 5) is 72.3. The van der Waals surface area contributed by atoms with Gasteiger partial charge in [0.25, 0.3) is 0 Å². The number of hydrogen-bond donors (Lipinski definition) is 3. The minimum absolute atomic E-state index is 0.102. The van der Waals surface area contributed by atoms with Gasteiger partial charge in [-0.15, -0.1) is 0 Å². The van der Waals surface area contributed by atoms with E-state index in [1.54, 1.807) is 0 Å². The van der Waals surface area contributed by atoms with E-state index in [1.807, 2.05) is 0 Å². The molecule has 0 saturated carbocycles. The van der Waals surface area contributed by atoms with Gasteiger partial charge in [0.05, 0.1) is 26.4 Å². The van der Waals surface area contributed by atoms with Crippen molar-refractivity contribution in [2.24, 2.45) is 5.92 Å². The number of esters is 4. The van der Waals surface area contributed by atoms with Crippen LogP contribution in [0.3, 0.4) is 0 Å². The molecular weight excluding hydrogens is 1140 g/mol. The van der Waals surface area contributed by atoms with Crippen molar-refractivity contribution >= 4 is 39.5 Å². The minimum atomic E-state index is -4.95. The van der Waals surface area contributed by atoms with E-state index in [4.69, 9.17) is 37.0 Å². The van der Waals surface area contributed by atoms with Crippen LogP contribution in [-0.4, -0.2) is 96.7 Å². The zero-order valence-electron chi connectivity index (χ0n) is 55.4. The van der Waals surface area contributed by atoms with Crippen LogP contribution in [0.1, 0.15) is 343 Å². The number of aliphatic hydroxyl groups excluding tert-OH is 1. The molecular formula is C67H130O17P2. The first-order valence-electron chi connectivity index (χ1n) is 35.1. The van der Waals surface area contributed by atoms with Crippen molar-refractivity contribution in [1.29, 1.82) is 0 Å². The monoisotopic (exact) mass is 1270 g/mol. The maximum atomic E-state index is 13.0. The topological polar surface area (TPSA) is 237 Å². The standard InChI is InChI=1S/C67H130O17P2/c1-6-9-12-15-18-21-23-25-26-27-28-30-33-36-42-47-52-66(71)83-62(56-78-65(70)51-46-41-35-32-29-24-22-19-16-13-10-7-2)58-81-85(73,74)79-54-61(68)55-80-86(75,76)82-59-63(84-67(72)53-48-43-38-37-39-44-49-60(4)5)57-77-64(69)50-45-40-34-31-20-17-14-11-8-3/h60-63,68H,6-59H2,1-5H3,(H,73,74)(H,75,76)/t61-,62-,63-/m1/s1. The predicted octanol–water partition coefficient (Wildman–Crippen LogP) is 19.0. The molecule has 5 atom stereocenters. The third kappa shape index (κ3) is 60.9. The van der Waals surface area contributed by atoms with E-state index in [2.05, 4.69) is 34.6 Å². The average molecular weight is 1270 g/mol. The number of phosphoric ester groups is 2. The summed E-state index contributed by atoms with van der Waals surface area (Å²) in [5, 5.41) is 10.5. The van der Waals surface area contributed by atoms with Gasteiger partial charge in [-0.05, 0) is 31.6 Å². The molecule has 86 heavy (non-hydrogen) atoms. The summed E-state index contributed by atoms with van der Waals surface area (Å²) in [6, 6.07) is 0. The lowest BCUT2D eigenvalue weighted by molar-refractivity contribution is -0.161. The Balaban J connectivity index is 5.21. The van der Waals surface area contributed by atoms with Crippen LogP contribution in [0, 0.1) is 5.92 Å². The lowest BCUT2D eigenvalue weighted by Gasteiger charge is -2.21. The molecule has 0 spiro atoms. The summed E-state index contributed by atoms with van der Waals surface area (Å²) in [5.41, 5.74) is 0. The Labute approximate surface area is 524 Å². The van der Waals surface area contributed by atoms with Gasteiger partial charge in [0.15, 0.2) is 12.2 Å². The third-order valence-corrected chi connectivity index (χ3v) is 17.4. The number of phosphoric acid groups is 2. The van der Waals surface area contributed by atoms with Crippen LogP contribution < -0.4 is 0 Å². The normalized spacial score (nSPS) is 14.2. The summed E-state index contributed by atoms with van der Waals surface area (Å²) in [6.07, 6.45) is 45.9. The largest absolute Gasteiger partial charge is 0.472 e. The maximum Gasteiger partial charge on any atom is 0.472 e. The first-order chi connectivity index (χ1) is 41.5. The molecule has 0 aliphatic carbocycles. The number of carbonyl (C=O) groups excluding carboxylic acids is 4. The minimum Gasteiger partial charge on any atom is -0.462 e. The van der Waals surface area contributed by atoms with Crippen molar-refractivity contribution in [2.45, 2.75) is 361 Å². The lowest BCUT2D eigenvalue weighted by Crippen LogP contribution is -2.30. The Morgan fingerprint density at radius 1 is 0.314 bits per heavy atom. The second-order valence-corrected chi connectivity index (χ2v) is 27.6. The molecule has 17 nitrogen and oxygen atoms in total. The van der Waals surface area contributed by atoms with Gasteiger partial charge < -0.3 is 33.8 Å². The van der Waals surface area contributed by atoms with Gasteiger partial charge in [0, 0.05) is 25.7 Å². The molecule has 0 amide bonds. The van der Waals surface area contributed by atoms with Crippen LogP contribution >= 0.6 is 15.6 Å². The summed E-state index contributed by atoms with van der Waals surface area (Å²) in [5.74, 6) is -1.46. The molecule has 0 aromatic rings. The maximum absolute atomic E-state index is 13.0. The highest BCUT2D eigenvalue weighted by Crippen LogP contribution is 2.45. The second kappa shape index (κ2) is 60.6. The average Bonchev–Trinajstić information content (AvgIpc) is 3.53. The molecule has 0 aromatic carbocycles.